The van der Waals surface area contributed by atoms with Gasteiger partial charge in [-0.1, -0.05) is 23.2 Å². The van der Waals surface area contributed by atoms with Gasteiger partial charge in [-0.3, -0.25) is 0 Å². The molecule has 1 aliphatic rings. The van der Waals surface area contributed by atoms with Crippen LogP contribution in [0.5, 0.6) is 0 Å². The maximum absolute atomic E-state index is 6.01. The Morgan fingerprint density at radius 1 is 1.41 bits per heavy atom. The molecule has 1 fully saturated rings. The molecule has 1 aliphatic heterocycles. The van der Waals surface area contributed by atoms with Gasteiger partial charge in [0.25, 0.3) is 0 Å². The fraction of sp³-hybridized carbons (Fsp3) is 0.545. The minimum absolute atomic E-state index is 0.221. The molecule has 2 rings (SSSR count). The summed E-state index contributed by atoms with van der Waals surface area (Å²) in [6.07, 6.45) is 3.63. The third-order valence-electron chi connectivity index (χ3n) is 2.73. The molecule has 0 amide bonds. The maximum atomic E-state index is 6.01. The number of halogens is 2. The van der Waals surface area contributed by atoms with Crippen molar-refractivity contribution in [3.63, 3.8) is 0 Å². The number of rotatable bonds is 3. The van der Waals surface area contributed by atoms with Crippen molar-refractivity contribution >= 4 is 34.8 Å². The van der Waals surface area contributed by atoms with Crippen molar-refractivity contribution in [3.05, 3.63) is 16.1 Å². The molecular weight excluding hydrogens is 261 g/mol. The quantitative estimate of drug-likeness (QED) is 0.891. The highest BCUT2D eigenvalue weighted by Gasteiger charge is 2.14. The topological polar surface area (TPSA) is 60.2 Å². The van der Waals surface area contributed by atoms with Crippen LogP contribution in [0.3, 0.4) is 0 Å². The molecule has 0 spiro atoms. The van der Waals surface area contributed by atoms with Crippen LogP contribution in [0, 0.1) is 0 Å². The molecule has 1 aromatic heterocycles. The van der Waals surface area contributed by atoms with E-state index in [0.717, 1.165) is 19.4 Å². The highest BCUT2D eigenvalue weighted by atomic mass is 35.5. The molecular formula is C11H15Cl2N3O. The Labute approximate surface area is 110 Å². The van der Waals surface area contributed by atoms with E-state index in [2.05, 4.69) is 10.3 Å². The first kappa shape index (κ1) is 12.7. The molecule has 0 aliphatic carbocycles. The average Bonchev–Trinajstić information content (AvgIpc) is 2.33. The molecule has 0 aromatic carbocycles. The Morgan fingerprint density at radius 3 is 2.94 bits per heavy atom. The Bertz CT molecular complexity index is 395. The lowest BCUT2D eigenvalue weighted by Gasteiger charge is -2.23. The standard InChI is InChI=1S/C11H15Cl2N3O/c12-8-5-9(13)11(16-10(8)14)15-6-7-3-1-2-4-17-7/h5,7H,1-4,6H2,(H3,14,15,16). The molecule has 1 atom stereocenters. The van der Waals surface area contributed by atoms with Crippen LogP contribution in [0.25, 0.3) is 0 Å². The minimum atomic E-state index is 0.221. The second-order valence-electron chi connectivity index (χ2n) is 4.06. The second kappa shape index (κ2) is 5.76. The van der Waals surface area contributed by atoms with Crippen LogP contribution >= 0.6 is 23.2 Å². The predicted octanol–water partition coefficient (Wildman–Crippen LogP) is 2.95. The third kappa shape index (κ3) is 3.37. The van der Waals surface area contributed by atoms with Gasteiger partial charge in [-0.15, -0.1) is 0 Å². The number of pyridine rings is 1. The van der Waals surface area contributed by atoms with Crippen LogP contribution in [-0.2, 0) is 4.74 Å². The van der Waals surface area contributed by atoms with E-state index in [9.17, 15) is 0 Å². The second-order valence-corrected chi connectivity index (χ2v) is 4.87. The number of anilines is 2. The lowest BCUT2D eigenvalue weighted by atomic mass is 10.1. The SMILES string of the molecule is Nc1nc(NCC2CCCCO2)c(Cl)cc1Cl. The number of hydrogen-bond donors (Lipinski definition) is 2. The molecule has 3 N–H and O–H groups in total. The van der Waals surface area contributed by atoms with Gasteiger partial charge < -0.3 is 15.8 Å². The van der Waals surface area contributed by atoms with E-state index in [4.69, 9.17) is 33.7 Å². The van der Waals surface area contributed by atoms with Gasteiger partial charge in [0.15, 0.2) is 0 Å². The molecule has 4 nitrogen and oxygen atoms in total. The van der Waals surface area contributed by atoms with E-state index in [1.54, 1.807) is 6.07 Å². The van der Waals surface area contributed by atoms with Crippen LogP contribution in [0.1, 0.15) is 19.3 Å². The molecule has 1 unspecified atom stereocenters. The summed E-state index contributed by atoms with van der Waals surface area (Å²) < 4.78 is 5.60. The van der Waals surface area contributed by atoms with Crippen molar-refractivity contribution in [2.45, 2.75) is 25.4 Å². The summed E-state index contributed by atoms with van der Waals surface area (Å²) in [5.74, 6) is 0.839. The largest absolute Gasteiger partial charge is 0.382 e. The van der Waals surface area contributed by atoms with Gasteiger partial charge in [-0.05, 0) is 25.3 Å². The van der Waals surface area contributed by atoms with E-state index in [1.165, 1.54) is 6.42 Å². The van der Waals surface area contributed by atoms with Gasteiger partial charge in [0, 0.05) is 13.2 Å². The molecule has 6 heteroatoms. The normalized spacial score (nSPS) is 20.2. The first-order chi connectivity index (χ1) is 8.16. The first-order valence-corrected chi connectivity index (χ1v) is 6.39. The summed E-state index contributed by atoms with van der Waals surface area (Å²) in [5, 5.41) is 3.99. The van der Waals surface area contributed by atoms with Crippen molar-refractivity contribution in [2.75, 3.05) is 24.2 Å². The zero-order valence-electron chi connectivity index (χ0n) is 9.38. The predicted molar refractivity (Wildman–Crippen MR) is 70.8 cm³/mol. The fourth-order valence-electron chi connectivity index (χ4n) is 1.78. The number of nitrogens with one attached hydrogen (secondary N) is 1. The number of nitrogens with two attached hydrogens (primary N) is 1. The number of hydrogen-bond acceptors (Lipinski definition) is 4. The maximum Gasteiger partial charge on any atom is 0.147 e. The van der Waals surface area contributed by atoms with E-state index < -0.39 is 0 Å². The van der Waals surface area contributed by atoms with Crippen molar-refractivity contribution in [1.82, 2.24) is 4.98 Å². The van der Waals surface area contributed by atoms with Crippen LogP contribution in [0.15, 0.2) is 6.07 Å². The lowest BCUT2D eigenvalue weighted by Crippen LogP contribution is -2.27. The van der Waals surface area contributed by atoms with Gasteiger partial charge in [0.05, 0.1) is 16.1 Å². The molecule has 17 heavy (non-hydrogen) atoms. The number of aromatic nitrogens is 1. The van der Waals surface area contributed by atoms with E-state index in [1.807, 2.05) is 0 Å². The summed E-state index contributed by atoms with van der Waals surface area (Å²) in [5.41, 5.74) is 5.63. The third-order valence-corrected chi connectivity index (χ3v) is 3.32. The van der Waals surface area contributed by atoms with Crippen molar-refractivity contribution in [2.24, 2.45) is 0 Å². The Morgan fingerprint density at radius 2 is 2.24 bits per heavy atom. The molecule has 0 radical (unpaired) electrons. The summed E-state index contributed by atoms with van der Waals surface area (Å²) >= 11 is 11.8. The number of ether oxygens (including phenoxy) is 1. The van der Waals surface area contributed by atoms with Crippen molar-refractivity contribution in [3.8, 4) is 0 Å². The van der Waals surface area contributed by atoms with E-state index in [-0.39, 0.29) is 11.9 Å². The lowest BCUT2D eigenvalue weighted by molar-refractivity contribution is 0.0247. The van der Waals surface area contributed by atoms with E-state index >= 15 is 0 Å². The minimum Gasteiger partial charge on any atom is -0.382 e. The summed E-state index contributed by atoms with van der Waals surface area (Å²) in [4.78, 5) is 4.10. The Hall–Kier alpha value is -0.710. The van der Waals surface area contributed by atoms with Crippen molar-refractivity contribution in [1.29, 1.82) is 0 Å². The zero-order valence-corrected chi connectivity index (χ0v) is 10.9. The van der Waals surface area contributed by atoms with Crippen LogP contribution in [0.4, 0.5) is 11.6 Å². The smallest absolute Gasteiger partial charge is 0.147 e. The Balaban J connectivity index is 1.96. The van der Waals surface area contributed by atoms with Crippen LogP contribution < -0.4 is 11.1 Å². The van der Waals surface area contributed by atoms with Gasteiger partial charge in [-0.25, -0.2) is 4.98 Å². The highest BCUT2D eigenvalue weighted by Crippen LogP contribution is 2.27. The van der Waals surface area contributed by atoms with Crippen molar-refractivity contribution < 1.29 is 4.74 Å². The molecule has 0 saturated carbocycles. The van der Waals surface area contributed by atoms with Crippen LogP contribution in [0.2, 0.25) is 10.0 Å². The molecule has 1 saturated heterocycles. The number of nitrogen functional groups attached to an aromatic ring is 1. The fourth-order valence-corrected chi connectivity index (χ4v) is 2.21. The molecule has 94 valence electrons. The Kier molecular flexibility index (Phi) is 4.31. The zero-order chi connectivity index (χ0) is 12.3. The van der Waals surface area contributed by atoms with Gasteiger partial charge in [0.2, 0.25) is 0 Å². The highest BCUT2D eigenvalue weighted by molar-refractivity contribution is 6.37. The van der Waals surface area contributed by atoms with E-state index in [0.29, 0.717) is 22.4 Å². The van der Waals surface area contributed by atoms with Crippen LogP contribution in [-0.4, -0.2) is 24.2 Å². The molecule has 0 bridgehead atoms. The van der Waals surface area contributed by atoms with Gasteiger partial charge >= 0.3 is 0 Å². The summed E-state index contributed by atoms with van der Waals surface area (Å²) in [6, 6.07) is 1.59. The summed E-state index contributed by atoms with van der Waals surface area (Å²) in [6.45, 7) is 1.52. The molecule has 2 heterocycles. The number of nitrogens with zero attached hydrogens (tertiary/aromatic N) is 1. The van der Waals surface area contributed by atoms with Gasteiger partial charge in [-0.2, -0.15) is 0 Å². The average molecular weight is 276 g/mol. The first-order valence-electron chi connectivity index (χ1n) is 5.64. The monoisotopic (exact) mass is 275 g/mol. The van der Waals surface area contributed by atoms with Gasteiger partial charge in [0.1, 0.15) is 11.6 Å². The molecule has 1 aromatic rings. The summed E-state index contributed by atoms with van der Waals surface area (Å²) in [7, 11) is 0.